The van der Waals surface area contributed by atoms with Gasteiger partial charge in [0.1, 0.15) is 12.4 Å². The smallest absolute Gasteiger partial charge is 0.259 e. The standard InChI is InChI=1S/C22H22N2O2/c1-16(2)18-8-9-21(26-15-17-6-4-3-5-7-17)20(14-18)22(25)24-19-10-12-23-13-11-19/h3-14,16H,15H2,1-2H3,(H,23,24,25). The molecule has 4 heteroatoms. The van der Waals surface area contributed by atoms with Crippen molar-refractivity contribution in [3.05, 3.63) is 89.7 Å². The first-order chi connectivity index (χ1) is 12.6. The van der Waals surface area contributed by atoms with Gasteiger partial charge >= 0.3 is 0 Å². The summed E-state index contributed by atoms with van der Waals surface area (Å²) in [5.41, 5.74) is 3.38. The molecular weight excluding hydrogens is 324 g/mol. The summed E-state index contributed by atoms with van der Waals surface area (Å²) in [4.78, 5) is 16.8. The zero-order valence-electron chi connectivity index (χ0n) is 15.0. The van der Waals surface area contributed by atoms with Crippen LogP contribution in [0.15, 0.2) is 73.1 Å². The van der Waals surface area contributed by atoms with Crippen LogP contribution in [0.4, 0.5) is 5.69 Å². The van der Waals surface area contributed by atoms with E-state index in [0.717, 1.165) is 11.1 Å². The molecule has 0 bridgehead atoms. The second kappa shape index (κ2) is 8.30. The molecule has 4 nitrogen and oxygen atoms in total. The predicted molar refractivity (Wildman–Crippen MR) is 103 cm³/mol. The summed E-state index contributed by atoms with van der Waals surface area (Å²) in [5, 5.41) is 2.90. The Morgan fingerprint density at radius 1 is 1.04 bits per heavy atom. The highest BCUT2D eigenvalue weighted by atomic mass is 16.5. The lowest BCUT2D eigenvalue weighted by molar-refractivity contribution is 0.102. The molecule has 1 heterocycles. The van der Waals surface area contributed by atoms with E-state index < -0.39 is 0 Å². The average molecular weight is 346 g/mol. The molecule has 0 radical (unpaired) electrons. The number of carbonyl (C=O) groups is 1. The fourth-order valence-electron chi connectivity index (χ4n) is 2.58. The molecule has 0 aliphatic heterocycles. The predicted octanol–water partition coefficient (Wildman–Crippen LogP) is 5.04. The number of carbonyl (C=O) groups excluding carboxylic acids is 1. The quantitative estimate of drug-likeness (QED) is 0.680. The summed E-state index contributed by atoms with van der Waals surface area (Å²) in [6, 6.07) is 19.2. The van der Waals surface area contributed by atoms with Gasteiger partial charge in [-0.2, -0.15) is 0 Å². The van der Waals surface area contributed by atoms with E-state index >= 15 is 0 Å². The third-order valence-electron chi connectivity index (χ3n) is 4.09. The first-order valence-electron chi connectivity index (χ1n) is 8.65. The molecule has 1 amide bonds. The Balaban J connectivity index is 1.84. The zero-order valence-corrected chi connectivity index (χ0v) is 15.0. The molecule has 3 aromatic rings. The first-order valence-corrected chi connectivity index (χ1v) is 8.65. The Morgan fingerprint density at radius 3 is 2.46 bits per heavy atom. The van der Waals surface area contributed by atoms with Gasteiger partial charge in [-0.25, -0.2) is 0 Å². The third-order valence-corrected chi connectivity index (χ3v) is 4.09. The van der Waals surface area contributed by atoms with Gasteiger partial charge in [0.05, 0.1) is 5.56 Å². The highest BCUT2D eigenvalue weighted by Crippen LogP contribution is 2.26. The molecule has 0 fully saturated rings. The topological polar surface area (TPSA) is 51.2 Å². The number of anilines is 1. The maximum atomic E-state index is 12.8. The van der Waals surface area contributed by atoms with E-state index in [1.807, 2.05) is 48.5 Å². The summed E-state index contributed by atoms with van der Waals surface area (Å²) in [6.45, 7) is 4.62. The number of pyridine rings is 1. The fourth-order valence-corrected chi connectivity index (χ4v) is 2.58. The summed E-state index contributed by atoms with van der Waals surface area (Å²) >= 11 is 0. The molecule has 26 heavy (non-hydrogen) atoms. The van der Waals surface area contributed by atoms with Crippen LogP contribution in [0.5, 0.6) is 5.75 Å². The number of nitrogens with zero attached hydrogens (tertiary/aromatic N) is 1. The lowest BCUT2D eigenvalue weighted by Gasteiger charge is -2.15. The number of aromatic nitrogens is 1. The van der Waals surface area contributed by atoms with Gasteiger partial charge < -0.3 is 10.1 Å². The van der Waals surface area contributed by atoms with Crippen LogP contribution in [0.3, 0.4) is 0 Å². The van der Waals surface area contributed by atoms with E-state index in [-0.39, 0.29) is 5.91 Å². The van der Waals surface area contributed by atoms with E-state index in [1.54, 1.807) is 24.5 Å². The van der Waals surface area contributed by atoms with Crippen molar-refractivity contribution in [1.82, 2.24) is 4.98 Å². The first kappa shape index (κ1) is 17.7. The Morgan fingerprint density at radius 2 is 1.77 bits per heavy atom. The summed E-state index contributed by atoms with van der Waals surface area (Å²) < 4.78 is 5.94. The molecule has 0 aliphatic rings. The van der Waals surface area contributed by atoms with Gasteiger partial charge in [-0.1, -0.05) is 50.2 Å². The maximum absolute atomic E-state index is 12.8. The van der Waals surface area contributed by atoms with E-state index in [4.69, 9.17) is 4.74 Å². The normalized spacial score (nSPS) is 10.6. The minimum absolute atomic E-state index is 0.193. The molecule has 0 aliphatic carbocycles. The average Bonchev–Trinajstić information content (AvgIpc) is 2.67. The van der Waals surface area contributed by atoms with Crippen LogP contribution in [-0.2, 0) is 6.61 Å². The van der Waals surface area contributed by atoms with E-state index in [9.17, 15) is 4.79 Å². The van der Waals surface area contributed by atoms with Crippen LogP contribution < -0.4 is 10.1 Å². The van der Waals surface area contributed by atoms with Gasteiger partial charge in [-0.3, -0.25) is 9.78 Å². The number of nitrogens with one attached hydrogen (secondary N) is 1. The van der Waals surface area contributed by atoms with Gasteiger partial charge in [-0.15, -0.1) is 0 Å². The molecule has 0 atom stereocenters. The largest absolute Gasteiger partial charge is 0.488 e. The third kappa shape index (κ3) is 4.48. The second-order valence-corrected chi connectivity index (χ2v) is 6.37. The van der Waals surface area contributed by atoms with E-state index in [0.29, 0.717) is 29.5 Å². The zero-order chi connectivity index (χ0) is 18.4. The van der Waals surface area contributed by atoms with Gasteiger partial charge in [0.2, 0.25) is 0 Å². The summed E-state index contributed by atoms with van der Waals surface area (Å²) in [7, 11) is 0. The Kier molecular flexibility index (Phi) is 5.64. The highest BCUT2D eigenvalue weighted by Gasteiger charge is 2.15. The monoisotopic (exact) mass is 346 g/mol. The van der Waals surface area contributed by atoms with Crippen LogP contribution in [0.25, 0.3) is 0 Å². The van der Waals surface area contributed by atoms with Crippen molar-refractivity contribution in [3.8, 4) is 5.75 Å². The van der Waals surface area contributed by atoms with Gasteiger partial charge in [0.25, 0.3) is 5.91 Å². The number of rotatable bonds is 6. The fraction of sp³-hybridized carbons (Fsp3) is 0.182. The number of ether oxygens (including phenoxy) is 1. The summed E-state index contributed by atoms with van der Waals surface area (Å²) in [6.07, 6.45) is 3.29. The van der Waals surface area contributed by atoms with E-state index in [2.05, 4.69) is 24.1 Å². The molecule has 1 aromatic heterocycles. The number of amides is 1. The molecule has 3 rings (SSSR count). The van der Waals surface area contributed by atoms with Gasteiger partial charge in [0.15, 0.2) is 0 Å². The Labute approximate surface area is 153 Å². The maximum Gasteiger partial charge on any atom is 0.259 e. The van der Waals surface area contributed by atoms with Crippen molar-refractivity contribution >= 4 is 11.6 Å². The Bertz CT molecular complexity index is 862. The van der Waals surface area contributed by atoms with Crippen LogP contribution in [-0.4, -0.2) is 10.9 Å². The van der Waals surface area contributed by atoms with Crippen molar-refractivity contribution in [2.75, 3.05) is 5.32 Å². The highest BCUT2D eigenvalue weighted by molar-refractivity contribution is 6.06. The molecule has 1 N–H and O–H groups in total. The molecule has 2 aromatic carbocycles. The number of hydrogen-bond acceptors (Lipinski definition) is 3. The van der Waals surface area contributed by atoms with Crippen LogP contribution in [0, 0.1) is 0 Å². The van der Waals surface area contributed by atoms with Crippen molar-refractivity contribution in [3.63, 3.8) is 0 Å². The molecule has 0 unspecified atom stereocenters. The number of benzene rings is 2. The van der Waals surface area contributed by atoms with Crippen molar-refractivity contribution < 1.29 is 9.53 Å². The van der Waals surface area contributed by atoms with Crippen molar-refractivity contribution in [2.45, 2.75) is 26.4 Å². The molecule has 132 valence electrons. The van der Waals surface area contributed by atoms with E-state index in [1.165, 1.54) is 0 Å². The number of hydrogen-bond donors (Lipinski definition) is 1. The molecule has 0 saturated carbocycles. The van der Waals surface area contributed by atoms with Crippen molar-refractivity contribution in [2.24, 2.45) is 0 Å². The summed E-state index contributed by atoms with van der Waals surface area (Å²) in [5.74, 6) is 0.706. The SMILES string of the molecule is CC(C)c1ccc(OCc2ccccc2)c(C(=O)Nc2ccncc2)c1. The van der Waals surface area contributed by atoms with Gasteiger partial charge in [0, 0.05) is 18.1 Å². The second-order valence-electron chi connectivity index (χ2n) is 6.37. The van der Waals surface area contributed by atoms with Crippen LogP contribution >= 0.6 is 0 Å². The lowest BCUT2D eigenvalue weighted by Crippen LogP contribution is -2.14. The van der Waals surface area contributed by atoms with Crippen LogP contribution in [0.1, 0.15) is 41.3 Å². The van der Waals surface area contributed by atoms with Crippen LogP contribution in [0.2, 0.25) is 0 Å². The molecular formula is C22H22N2O2. The minimum atomic E-state index is -0.193. The van der Waals surface area contributed by atoms with Gasteiger partial charge in [-0.05, 0) is 41.3 Å². The Hall–Kier alpha value is -3.14. The van der Waals surface area contributed by atoms with Crippen molar-refractivity contribution in [1.29, 1.82) is 0 Å². The molecule has 0 spiro atoms. The minimum Gasteiger partial charge on any atom is -0.488 e. The lowest BCUT2D eigenvalue weighted by atomic mass is 10.00. The molecule has 0 saturated heterocycles.